The molecular weight excluding hydrogens is 228 g/mol. The summed E-state index contributed by atoms with van der Waals surface area (Å²) >= 11 is 0. The summed E-state index contributed by atoms with van der Waals surface area (Å²) in [5, 5.41) is 16.0. The van der Waals surface area contributed by atoms with Gasteiger partial charge in [-0.25, -0.2) is 0 Å². The molecule has 6 nitrogen and oxygen atoms in total. The lowest BCUT2D eigenvalue weighted by molar-refractivity contribution is 0.797. The SMILES string of the molecule is Cn1ncc2ccc(C(C=C(N)C=N)=NN)cc21. The quantitative estimate of drug-likeness (QED) is 0.419. The Hall–Kier alpha value is -2.63. The Labute approximate surface area is 104 Å². The zero-order chi connectivity index (χ0) is 13.1. The number of nitrogens with one attached hydrogen (secondary N) is 1. The fraction of sp³-hybridized carbons (Fsp3) is 0.0833. The molecule has 0 amide bonds. The van der Waals surface area contributed by atoms with Crippen molar-refractivity contribution in [2.24, 2.45) is 23.7 Å². The number of fused-ring (bicyclic) bond motifs is 1. The fourth-order valence-electron chi connectivity index (χ4n) is 1.70. The first kappa shape index (κ1) is 11.8. The second kappa shape index (κ2) is 4.70. The third kappa shape index (κ3) is 2.08. The predicted molar refractivity (Wildman–Crippen MR) is 72.5 cm³/mol. The Kier molecular flexibility index (Phi) is 3.09. The molecule has 0 aliphatic heterocycles. The Balaban J connectivity index is 2.52. The van der Waals surface area contributed by atoms with Crippen LogP contribution < -0.4 is 11.6 Å². The minimum absolute atomic E-state index is 0.296. The minimum Gasteiger partial charge on any atom is -0.397 e. The van der Waals surface area contributed by atoms with Gasteiger partial charge in [0.05, 0.1) is 23.1 Å². The van der Waals surface area contributed by atoms with Crippen LogP contribution in [0.3, 0.4) is 0 Å². The number of benzene rings is 1. The van der Waals surface area contributed by atoms with Crippen molar-refractivity contribution in [3.63, 3.8) is 0 Å². The molecule has 92 valence electrons. The summed E-state index contributed by atoms with van der Waals surface area (Å²) in [6.07, 6.45) is 4.40. The summed E-state index contributed by atoms with van der Waals surface area (Å²) in [6, 6.07) is 5.77. The lowest BCUT2D eigenvalue weighted by Crippen LogP contribution is -2.07. The maximum absolute atomic E-state index is 7.05. The largest absolute Gasteiger partial charge is 0.397 e. The van der Waals surface area contributed by atoms with Gasteiger partial charge in [-0.3, -0.25) is 4.68 Å². The van der Waals surface area contributed by atoms with Crippen LogP contribution in [0.25, 0.3) is 10.9 Å². The smallest absolute Gasteiger partial charge is 0.0920 e. The highest BCUT2D eigenvalue weighted by Crippen LogP contribution is 2.15. The van der Waals surface area contributed by atoms with Gasteiger partial charge in [0.15, 0.2) is 0 Å². The third-order valence-corrected chi connectivity index (χ3v) is 2.65. The highest BCUT2D eigenvalue weighted by atomic mass is 15.2. The molecule has 0 saturated heterocycles. The number of hydrogen-bond acceptors (Lipinski definition) is 5. The Morgan fingerprint density at radius 2 is 2.28 bits per heavy atom. The standard InChI is InChI=1S/C12H14N6/c1-18-12-4-8(2-3-9(12)7-16-18)11(17-15)5-10(14)6-13/h2-7,13H,14-15H2,1H3. The Bertz CT molecular complexity index is 650. The summed E-state index contributed by atoms with van der Waals surface area (Å²) in [4.78, 5) is 0. The first-order valence-corrected chi connectivity index (χ1v) is 5.33. The molecule has 0 atom stereocenters. The van der Waals surface area contributed by atoms with Crippen LogP contribution in [0.1, 0.15) is 5.56 Å². The van der Waals surface area contributed by atoms with Crippen molar-refractivity contribution >= 4 is 22.8 Å². The van der Waals surface area contributed by atoms with Gasteiger partial charge in [0.2, 0.25) is 0 Å². The summed E-state index contributed by atoms with van der Waals surface area (Å²) < 4.78 is 1.77. The van der Waals surface area contributed by atoms with E-state index in [2.05, 4.69) is 10.2 Å². The van der Waals surface area contributed by atoms with Crippen molar-refractivity contribution < 1.29 is 0 Å². The van der Waals surface area contributed by atoms with E-state index in [1.165, 1.54) is 0 Å². The maximum atomic E-state index is 7.05. The first-order valence-electron chi connectivity index (χ1n) is 5.33. The van der Waals surface area contributed by atoms with Crippen LogP contribution in [0, 0.1) is 5.41 Å². The molecular formula is C12H14N6. The minimum atomic E-state index is 0.296. The molecule has 0 fully saturated rings. The molecule has 2 aromatic rings. The molecule has 1 aromatic heterocycles. The van der Waals surface area contributed by atoms with Gasteiger partial charge in [-0.1, -0.05) is 12.1 Å². The van der Waals surface area contributed by atoms with Crippen LogP contribution >= 0.6 is 0 Å². The molecule has 0 aliphatic rings. The van der Waals surface area contributed by atoms with E-state index in [1.807, 2.05) is 25.2 Å². The molecule has 0 saturated carbocycles. The molecule has 0 unspecified atom stereocenters. The zero-order valence-electron chi connectivity index (χ0n) is 9.96. The van der Waals surface area contributed by atoms with Gasteiger partial charge < -0.3 is 17.0 Å². The van der Waals surface area contributed by atoms with Gasteiger partial charge >= 0.3 is 0 Å². The molecule has 0 bridgehead atoms. The number of nitrogens with zero attached hydrogens (tertiary/aromatic N) is 3. The number of allylic oxidation sites excluding steroid dienone is 2. The molecule has 0 radical (unpaired) electrons. The molecule has 5 N–H and O–H groups in total. The van der Waals surface area contributed by atoms with E-state index in [0.717, 1.165) is 22.7 Å². The number of hydrazone groups is 1. The van der Waals surface area contributed by atoms with E-state index in [0.29, 0.717) is 11.4 Å². The molecule has 2 rings (SSSR count). The van der Waals surface area contributed by atoms with Crippen molar-refractivity contribution in [2.45, 2.75) is 0 Å². The number of aromatic nitrogens is 2. The normalized spacial score (nSPS) is 12.9. The van der Waals surface area contributed by atoms with Crippen LogP contribution in [0.2, 0.25) is 0 Å². The average molecular weight is 242 g/mol. The Morgan fingerprint density at radius 3 is 2.94 bits per heavy atom. The molecule has 1 aromatic carbocycles. The second-order valence-electron chi connectivity index (χ2n) is 3.84. The molecule has 18 heavy (non-hydrogen) atoms. The van der Waals surface area contributed by atoms with E-state index in [9.17, 15) is 0 Å². The average Bonchev–Trinajstić information content (AvgIpc) is 2.77. The van der Waals surface area contributed by atoms with Crippen LogP contribution in [-0.4, -0.2) is 21.7 Å². The van der Waals surface area contributed by atoms with Gasteiger partial charge in [0.1, 0.15) is 0 Å². The van der Waals surface area contributed by atoms with E-state index < -0.39 is 0 Å². The number of aryl methyl sites for hydroxylation is 1. The van der Waals surface area contributed by atoms with E-state index in [-0.39, 0.29) is 0 Å². The van der Waals surface area contributed by atoms with Gasteiger partial charge in [-0.05, 0) is 12.1 Å². The number of nitrogens with two attached hydrogens (primary N) is 2. The molecule has 6 heteroatoms. The third-order valence-electron chi connectivity index (χ3n) is 2.65. The van der Waals surface area contributed by atoms with Crippen molar-refractivity contribution in [3.05, 3.63) is 41.7 Å². The predicted octanol–water partition coefficient (Wildman–Crippen LogP) is 0.728. The van der Waals surface area contributed by atoms with Crippen LogP contribution in [0.4, 0.5) is 0 Å². The van der Waals surface area contributed by atoms with E-state index in [4.69, 9.17) is 17.0 Å². The van der Waals surface area contributed by atoms with E-state index in [1.54, 1.807) is 17.0 Å². The molecule has 0 spiro atoms. The lowest BCUT2D eigenvalue weighted by atomic mass is 10.1. The lowest BCUT2D eigenvalue weighted by Gasteiger charge is -2.02. The van der Waals surface area contributed by atoms with Gasteiger partial charge in [-0.15, -0.1) is 0 Å². The second-order valence-corrected chi connectivity index (χ2v) is 3.84. The fourth-order valence-corrected chi connectivity index (χ4v) is 1.70. The van der Waals surface area contributed by atoms with Crippen LogP contribution in [0.15, 0.2) is 41.3 Å². The summed E-state index contributed by atoms with van der Waals surface area (Å²) in [5.74, 6) is 5.36. The highest BCUT2D eigenvalue weighted by molar-refractivity contribution is 6.11. The van der Waals surface area contributed by atoms with Crippen molar-refractivity contribution in [3.8, 4) is 0 Å². The van der Waals surface area contributed by atoms with Crippen molar-refractivity contribution in [1.29, 1.82) is 5.41 Å². The topological polar surface area (TPSA) is 106 Å². The monoisotopic (exact) mass is 242 g/mol. The molecule has 1 heterocycles. The zero-order valence-corrected chi connectivity index (χ0v) is 9.96. The molecule has 0 aliphatic carbocycles. The summed E-state index contributed by atoms with van der Waals surface area (Å²) in [7, 11) is 1.87. The van der Waals surface area contributed by atoms with Crippen molar-refractivity contribution in [1.82, 2.24) is 9.78 Å². The van der Waals surface area contributed by atoms with Crippen LogP contribution in [-0.2, 0) is 7.05 Å². The van der Waals surface area contributed by atoms with Gasteiger partial charge in [0.25, 0.3) is 0 Å². The first-order chi connectivity index (χ1) is 8.65. The summed E-state index contributed by atoms with van der Waals surface area (Å²) in [5.41, 5.74) is 8.21. The Morgan fingerprint density at radius 1 is 1.50 bits per heavy atom. The van der Waals surface area contributed by atoms with Crippen molar-refractivity contribution in [2.75, 3.05) is 0 Å². The summed E-state index contributed by atoms with van der Waals surface area (Å²) in [6.45, 7) is 0. The number of hydrogen-bond donors (Lipinski definition) is 3. The highest BCUT2D eigenvalue weighted by Gasteiger charge is 2.05. The van der Waals surface area contributed by atoms with Gasteiger partial charge in [0, 0.05) is 24.2 Å². The van der Waals surface area contributed by atoms with Crippen LogP contribution in [0.5, 0.6) is 0 Å². The number of rotatable bonds is 3. The van der Waals surface area contributed by atoms with E-state index >= 15 is 0 Å². The van der Waals surface area contributed by atoms with Gasteiger partial charge in [-0.2, -0.15) is 10.2 Å². The maximum Gasteiger partial charge on any atom is 0.0920 e.